The summed E-state index contributed by atoms with van der Waals surface area (Å²) < 4.78 is 27.2. The molecule has 0 amide bonds. The summed E-state index contributed by atoms with van der Waals surface area (Å²) in [5.74, 6) is 0. The molecule has 1 aromatic carbocycles. The van der Waals surface area contributed by atoms with Crippen LogP contribution >= 0.6 is 0 Å². The van der Waals surface area contributed by atoms with Crippen LogP contribution in [0.25, 0.3) is 0 Å². The van der Waals surface area contributed by atoms with Crippen LogP contribution in [-0.4, -0.2) is 49.8 Å². The van der Waals surface area contributed by atoms with Crippen molar-refractivity contribution in [3.05, 3.63) is 29.3 Å². The van der Waals surface area contributed by atoms with Gasteiger partial charge in [0, 0.05) is 25.7 Å². The van der Waals surface area contributed by atoms with Gasteiger partial charge < -0.3 is 0 Å². The third-order valence-electron chi connectivity index (χ3n) is 4.67. The molecule has 2 saturated heterocycles. The summed E-state index contributed by atoms with van der Waals surface area (Å²) in [7, 11) is -3.33. The highest BCUT2D eigenvalue weighted by Gasteiger charge is 2.36. The van der Waals surface area contributed by atoms with Crippen LogP contribution in [-0.2, 0) is 10.0 Å². The van der Waals surface area contributed by atoms with E-state index in [0.717, 1.165) is 30.6 Å². The van der Waals surface area contributed by atoms with Crippen LogP contribution in [0.5, 0.6) is 0 Å². The van der Waals surface area contributed by atoms with Gasteiger partial charge in [0.05, 0.1) is 4.90 Å². The van der Waals surface area contributed by atoms with Gasteiger partial charge in [0.1, 0.15) is 0 Å². The van der Waals surface area contributed by atoms with Crippen molar-refractivity contribution in [3.8, 4) is 0 Å². The topological polar surface area (TPSA) is 40.6 Å². The zero-order chi connectivity index (χ0) is 14.3. The predicted molar refractivity (Wildman–Crippen MR) is 79.3 cm³/mol. The molecule has 0 aromatic heterocycles. The fourth-order valence-electron chi connectivity index (χ4n) is 3.20. The number of aryl methyl sites for hydroxylation is 2. The maximum Gasteiger partial charge on any atom is 0.243 e. The maximum absolute atomic E-state index is 12.7. The molecule has 20 heavy (non-hydrogen) atoms. The molecule has 2 heterocycles. The van der Waals surface area contributed by atoms with Gasteiger partial charge in [-0.3, -0.25) is 4.90 Å². The predicted octanol–water partition coefficient (Wildman–Crippen LogP) is 1.77. The lowest BCUT2D eigenvalue weighted by Crippen LogP contribution is -2.51. The van der Waals surface area contributed by atoms with Crippen molar-refractivity contribution in [2.45, 2.75) is 37.6 Å². The minimum Gasteiger partial charge on any atom is -0.298 e. The van der Waals surface area contributed by atoms with Gasteiger partial charge in [0.2, 0.25) is 10.0 Å². The second-order valence-electron chi connectivity index (χ2n) is 5.94. The molecule has 110 valence electrons. The van der Waals surface area contributed by atoms with Crippen molar-refractivity contribution in [1.29, 1.82) is 0 Å². The van der Waals surface area contributed by atoms with Crippen molar-refractivity contribution in [2.24, 2.45) is 0 Å². The second kappa shape index (κ2) is 5.13. The Morgan fingerprint density at radius 1 is 1.10 bits per heavy atom. The second-order valence-corrected chi connectivity index (χ2v) is 7.88. The van der Waals surface area contributed by atoms with Crippen LogP contribution in [0.2, 0.25) is 0 Å². The first-order valence-electron chi connectivity index (χ1n) is 7.30. The molecule has 1 unspecified atom stereocenters. The molecule has 1 atom stereocenters. The van der Waals surface area contributed by atoms with E-state index in [1.54, 1.807) is 16.4 Å². The lowest BCUT2D eigenvalue weighted by molar-refractivity contribution is 0.158. The molecule has 0 saturated carbocycles. The summed E-state index contributed by atoms with van der Waals surface area (Å²) >= 11 is 0. The Labute approximate surface area is 121 Å². The largest absolute Gasteiger partial charge is 0.298 e. The first-order valence-corrected chi connectivity index (χ1v) is 8.74. The van der Waals surface area contributed by atoms with E-state index < -0.39 is 10.0 Å². The highest BCUT2D eigenvalue weighted by atomic mass is 32.2. The van der Waals surface area contributed by atoms with Crippen molar-refractivity contribution < 1.29 is 8.42 Å². The van der Waals surface area contributed by atoms with Crippen molar-refractivity contribution in [3.63, 3.8) is 0 Å². The highest BCUT2D eigenvalue weighted by Crippen LogP contribution is 2.26. The molecule has 0 aliphatic carbocycles. The van der Waals surface area contributed by atoms with Crippen molar-refractivity contribution in [1.82, 2.24) is 9.21 Å². The molecule has 3 rings (SSSR count). The molecule has 0 spiro atoms. The number of nitrogens with zero attached hydrogens (tertiary/aromatic N) is 2. The molecule has 0 radical (unpaired) electrons. The highest BCUT2D eigenvalue weighted by molar-refractivity contribution is 7.89. The molecule has 0 bridgehead atoms. The third kappa shape index (κ3) is 2.38. The molecule has 4 nitrogen and oxygen atoms in total. The van der Waals surface area contributed by atoms with Gasteiger partial charge in [0.25, 0.3) is 0 Å². The van der Waals surface area contributed by atoms with Gasteiger partial charge in [-0.25, -0.2) is 8.42 Å². The fraction of sp³-hybridized carbons (Fsp3) is 0.600. The maximum atomic E-state index is 12.7. The Hall–Kier alpha value is -0.910. The average molecular weight is 294 g/mol. The number of hydrogen-bond acceptors (Lipinski definition) is 3. The van der Waals surface area contributed by atoms with Gasteiger partial charge >= 0.3 is 0 Å². The number of fused-ring (bicyclic) bond motifs is 1. The normalized spacial score (nSPS) is 24.8. The van der Waals surface area contributed by atoms with Crippen LogP contribution in [0.3, 0.4) is 0 Å². The Morgan fingerprint density at radius 3 is 2.65 bits per heavy atom. The van der Waals surface area contributed by atoms with Crippen molar-refractivity contribution >= 4 is 10.0 Å². The first-order chi connectivity index (χ1) is 9.48. The smallest absolute Gasteiger partial charge is 0.243 e. The molecular formula is C15H22N2O2S. The Bertz CT molecular complexity index is 612. The summed E-state index contributed by atoms with van der Waals surface area (Å²) in [6, 6.07) is 5.85. The van der Waals surface area contributed by atoms with Crippen LogP contribution in [0, 0.1) is 13.8 Å². The van der Waals surface area contributed by atoms with E-state index in [1.807, 2.05) is 19.9 Å². The number of hydrogen-bond donors (Lipinski definition) is 0. The lowest BCUT2D eigenvalue weighted by Gasteiger charge is -2.36. The molecule has 2 aliphatic heterocycles. The van der Waals surface area contributed by atoms with E-state index in [1.165, 1.54) is 6.42 Å². The van der Waals surface area contributed by atoms with E-state index in [0.29, 0.717) is 24.0 Å². The Balaban J connectivity index is 1.86. The lowest BCUT2D eigenvalue weighted by atomic mass is 10.1. The minimum absolute atomic E-state index is 0.421. The molecule has 5 heteroatoms. The zero-order valence-electron chi connectivity index (χ0n) is 12.2. The fourth-order valence-corrected chi connectivity index (χ4v) is 4.76. The van der Waals surface area contributed by atoms with Crippen LogP contribution in [0.15, 0.2) is 23.1 Å². The summed E-state index contributed by atoms with van der Waals surface area (Å²) in [6.07, 6.45) is 2.32. The van der Waals surface area contributed by atoms with E-state index in [2.05, 4.69) is 4.90 Å². The summed E-state index contributed by atoms with van der Waals surface area (Å²) in [5.41, 5.74) is 2.16. The Morgan fingerprint density at radius 2 is 1.90 bits per heavy atom. The van der Waals surface area contributed by atoms with Crippen molar-refractivity contribution in [2.75, 3.05) is 26.2 Å². The summed E-state index contributed by atoms with van der Waals surface area (Å²) in [5, 5.41) is 0. The van der Waals surface area contributed by atoms with Gasteiger partial charge in [-0.2, -0.15) is 4.31 Å². The Kier molecular flexibility index (Phi) is 3.60. The quantitative estimate of drug-likeness (QED) is 0.835. The van der Waals surface area contributed by atoms with Crippen LogP contribution in [0.4, 0.5) is 0 Å². The average Bonchev–Trinajstić information content (AvgIpc) is 2.89. The monoisotopic (exact) mass is 294 g/mol. The van der Waals surface area contributed by atoms with E-state index in [9.17, 15) is 8.42 Å². The number of sulfonamides is 1. The zero-order valence-corrected chi connectivity index (χ0v) is 13.0. The van der Waals surface area contributed by atoms with E-state index in [-0.39, 0.29) is 0 Å². The van der Waals surface area contributed by atoms with Gasteiger partial charge in [-0.05, 0) is 56.5 Å². The standard InChI is InChI=1S/C15H22N2O2S/c1-12-5-6-15(10-13(12)2)20(18,19)17-9-8-16-7-3-4-14(16)11-17/h5-6,10,14H,3-4,7-9,11H2,1-2H3. The summed E-state index contributed by atoms with van der Waals surface area (Å²) in [4.78, 5) is 2.86. The number of piperazine rings is 1. The van der Waals surface area contributed by atoms with E-state index >= 15 is 0 Å². The minimum atomic E-state index is -3.33. The number of rotatable bonds is 2. The third-order valence-corrected chi connectivity index (χ3v) is 6.53. The first kappa shape index (κ1) is 14.0. The van der Waals surface area contributed by atoms with Gasteiger partial charge in [0.15, 0.2) is 0 Å². The van der Waals surface area contributed by atoms with E-state index in [4.69, 9.17) is 0 Å². The van der Waals surface area contributed by atoms with Gasteiger partial charge in [-0.1, -0.05) is 6.07 Å². The van der Waals surface area contributed by atoms with Crippen LogP contribution in [0.1, 0.15) is 24.0 Å². The number of benzene rings is 1. The molecule has 1 aromatic rings. The van der Waals surface area contributed by atoms with Crippen LogP contribution < -0.4 is 0 Å². The summed E-state index contributed by atoms with van der Waals surface area (Å²) in [6.45, 7) is 7.23. The molecule has 2 aliphatic rings. The van der Waals surface area contributed by atoms with Gasteiger partial charge in [-0.15, -0.1) is 0 Å². The SMILES string of the molecule is Cc1ccc(S(=O)(=O)N2CCN3CCCC3C2)cc1C. The molecule has 0 N–H and O–H groups in total. The molecular weight excluding hydrogens is 272 g/mol. The molecule has 2 fully saturated rings.